The lowest BCUT2D eigenvalue weighted by molar-refractivity contribution is -0.0498. The maximum Gasteiger partial charge on any atom is 0.0710 e. The van der Waals surface area contributed by atoms with E-state index in [4.69, 9.17) is 16.3 Å². The van der Waals surface area contributed by atoms with Crippen LogP contribution in [0.3, 0.4) is 0 Å². The van der Waals surface area contributed by atoms with Crippen LogP contribution in [-0.4, -0.2) is 41.6 Å². The molecule has 1 spiro atoms. The fourth-order valence-electron chi connectivity index (χ4n) is 4.29. The topological polar surface area (TPSA) is 12.5 Å². The predicted molar refractivity (Wildman–Crippen MR) is 79.8 cm³/mol. The molecule has 1 aliphatic carbocycles. The molecule has 0 N–H and O–H groups in total. The molecule has 0 amide bonds. The number of piperidine rings is 1. The molecule has 110 valence electrons. The van der Waals surface area contributed by atoms with Gasteiger partial charge in [-0.05, 0) is 64.5 Å². The number of nitrogens with zero attached hydrogens (tertiary/aromatic N) is 1. The van der Waals surface area contributed by atoms with E-state index in [9.17, 15) is 0 Å². The van der Waals surface area contributed by atoms with E-state index in [1.807, 2.05) is 0 Å². The SMILES string of the molecule is CC(Cl)C1CCN(CC2CCC3(CCCC3)O2)CC1. The Morgan fingerprint density at radius 2 is 1.84 bits per heavy atom. The smallest absolute Gasteiger partial charge is 0.0710 e. The third-order valence-corrected chi connectivity index (χ3v) is 5.95. The minimum Gasteiger partial charge on any atom is -0.370 e. The third kappa shape index (κ3) is 3.28. The van der Waals surface area contributed by atoms with Crippen LogP contribution < -0.4 is 0 Å². The van der Waals surface area contributed by atoms with Crippen LogP contribution in [0.2, 0.25) is 0 Å². The van der Waals surface area contributed by atoms with Gasteiger partial charge in [0.25, 0.3) is 0 Å². The van der Waals surface area contributed by atoms with Crippen molar-refractivity contribution in [2.45, 2.75) is 75.4 Å². The molecule has 0 radical (unpaired) electrons. The van der Waals surface area contributed by atoms with Gasteiger partial charge in [-0.1, -0.05) is 12.8 Å². The average Bonchev–Trinajstić information content (AvgIpc) is 3.01. The summed E-state index contributed by atoms with van der Waals surface area (Å²) < 4.78 is 6.42. The summed E-state index contributed by atoms with van der Waals surface area (Å²) >= 11 is 6.21. The molecule has 3 aliphatic rings. The first-order valence-corrected chi connectivity index (χ1v) is 8.65. The highest BCUT2D eigenvalue weighted by Crippen LogP contribution is 2.43. The number of halogens is 1. The summed E-state index contributed by atoms with van der Waals surface area (Å²) in [5.74, 6) is 0.726. The zero-order chi connectivity index (χ0) is 13.3. The average molecular weight is 286 g/mol. The number of alkyl halides is 1. The van der Waals surface area contributed by atoms with Crippen LogP contribution in [0.25, 0.3) is 0 Å². The quantitative estimate of drug-likeness (QED) is 0.731. The van der Waals surface area contributed by atoms with Gasteiger partial charge in [0, 0.05) is 11.9 Å². The molecular weight excluding hydrogens is 258 g/mol. The van der Waals surface area contributed by atoms with Crippen LogP contribution in [0.15, 0.2) is 0 Å². The van der Waals surface area contributed by atoms with Crippen LogP contribution in [0.5, 0.6) is 0 Å². The van der Waals surface area contributed by atoms with Gasteiger partial charge in [-0.25, -0.2) is 0 Å². The first-order valence-electron chi connectivity index (χ1n) is 8.21. The molecule has 2 unspecified atom stereocenters. The second kappa shape index (κ2) is 5.91. The fraction of sp³-hybridized carbons (Fsp3) is 1.00. The zero-order valence-electron chi connectivity index (χ0n) is 12.2. The van der Waals surface area contributed by atoms with Gasteiger partial charge in [0.1, 0.15) is 0 Å². The Kier molecular flexibility index (Phi) is 4.40. The van der Waals surface area contributed by atoms with Crippen LogP contribution in [0.4, 0.5) is 0 Å². The van der Waals surface area contributed by atoms with Crippen molar-refractivity contribution in [3.63, 3.8) is 0 Å². The highest BCUT2D eigenvalue weighted by Gasteiger charge is 2.42. The summed E-state index contributed by atoms with van der Waals surface area (Å²) in [6.45, 7) is 5.74. The van der Waals surface area contributed by atoms with Crippen LogP contribution in [0.1, 0.15) is 58.3 Å². The van der Waals surface area contributed by atoms with Crippen molar-refractivity contribution in [2.24, 2.45) is 5.92 Å². The summed E-state index contributed by atoms with van der Waals surface area (Å²) in [7, 11) is 0. The van der Waals surface area contributed by atoms with Gasteiger partial charge in [0.05, 0.1) is 11.7 Å². The van der Waals surface area contributed by atoms with Gasteiger partial charge in [-0.3, -0.25) is 0 Å². The van der Waals surface area contributed by atoms with E-state index in [1.165, 1.54) is 64.5 Å². The van der Waals surface area contributed by atoms with Crippen molar-refractivity contribution in [3.05, 3.63) is 0 Å². The summed E-state index contributed by atoms with van der Waals surface area (Å²) in [4.78, 5) is 2.61. The molecule has 2 nitrogen and oxygen atoms in total. The zero-order valence-corrected chi connectivity index (χ0v) is 13.0. The number of likely N-dealkylation sites (tertiary alicyclic amines) is 1. The van der Waals surface area contributed by atoms with Crippen molar-refractivity contribution < 1.29 is 4.74 Å². The number of rotatable bonds is 3. The largest absolute Gasteiger partial charge is 0.370 e. The van der Waals surface area contributed by atoms with E-state index in [0.29, 0.717) is 17.1 Å². The molecule has 0 bridgehead atoms. The Balaban J connectivity index is 1.43. The van der Waals surface area contributed by atoms with Crippen molar-refractivity contribution in [2.75, 3.05) is 19.6 Å². The maximum absolute atomic E-state index is 6.42. The molecule has 0 aromatic heterocycles. The highest BCUT2D eigenvalue weighted by molar-refractivity contribution is 6.20. The van der Waals surface area contributed by atoms with Gasteiger partial charge in [0.2, 0.25) is 0 Å². The van der Waals surface area contributed by atoms with Gasteiger partial charge < -0.3 is 9.64 Å². The van der Waals surface area contributed by atoms with Crippen LogP contribution in [0, 0.1) is 5.92 Å². The standard InChI is InChI=1S/C16H28ClNO/c1-13(17)14-5-10-18(11-6-14)12-15-4-9-16(19-15)7-2-3-8-16/h13-15H,2-12H2,1H3. The van der Waals surface area contributed by atoms with E-state index < -0.39 is 0 Å². The molecule has 0 aromatic rings. The summed E-state index contributed by atoms with van der Waals surface area (Å²) in [6, 6.07) is 0. The Morgan fingerprint density at radius 1 is 1.16 bits per heavy atom. The summed E-state index contributed by atoms with van der Waals surface area (Å²) in [6.07, 6.45) is 11.0. The predicted octanol–water partition coefficient (Wildman–Crippen LogP) is 3.82. The van der Waals surface area contributed by atoms with Gasteiger partial charge in [-0.2, -0.15) is 0 Å². The number of hydrogen-bond acceptors (Lipinski definition) is 2. The molecule has 2 heterocycles. The molecule has 19 heavy (non-hydrogen) atoms. The van der Waals surface area contributed by atoms with Gasteiger partial charge in [-0.15, -0.1) is 11.6 Å². The lowest BCUT2D eigenvalue weighted by Gasteiger charge is -2.35. The second-order valence-electron chi connectivity index (χ2n) is 6.98. The minimum absolute atomic E-state index is 0.299. The van der Waals surface area contributed by atoms with E-state index in [0.717, 1.165) is 12.5 Å². The van der Waals surface area contributed by atoms with Crippen molar-refractivity contribution >= 4 is 11.6 Å². The minimum atomic E-state index is 0.299. The highest BCUT2D eigenvalue weighted by atomic mass is 35.5. The Bertz CT molecular complexity index is 293. The number of ether oxygens (including phenoxy) is 1. The normalized spacial score (nSPS) is 34.1. The lowest BCUT2D eigenvalue weighted by Crippen LogP contribution is -2.40. The lowest BCUT2D eigenvalue weighted by atomic mass is 9.93. The summed E-state index contributed by atoms with van der Waals surface area (Å²) in [5.41, 5.74) is 0.299. The van der Waals surface area contributed by atoms with Crippen molar-refractivity contribution in [3.8, 4) is 0 Å². The Hall–Kier alpha value is 0.210. The van der Waals surface area contributed by atoms with Crippen LogP contribution >= 0.6 is 11.6 Å². The molecule has 1 saturated carbocycles. The Morgan fingerprint density at radius 3 is 2.47 bits per heavy atom. The molecule has 3 rings (SSSR count). The molecule has 3 heteroatoms. The molecular formula is C16H28ClNO. The first-order chi connectivity index (χ1) is 9.17. The summed E-state index contributed by atoms with van der Waals surface area (Å²) in [5, 5.41) is 0.339. The van der Waals surface area contributed by atoms with Crippen LogP contribution in [-0.2, 0) is 4.74 Å². The van der Waals surface area contributed by atoms with E-state index in [1.54, 1.807) is 0 Å². The molecule has 2 aliphatic heterocycles. The number of hydrogen-bond donors (Lipinski definition) is 0. The van der Waals surface area contributed by atoms with E-state index in [2.05, 4.69) is 11.8 Å². The first kappa shape index (κ1) is 14.2. The van der Waals surface area contributed by atoms with E-state index in [-0.39, 0.29) is 0 Å². The van der Waals surface area contributed by atoms with Crippen molar-refractivity contribution in [1.29, 1.82) is 0 Å². The fourth-order valence-corrected chi connectivity index (χ4v) is 4.55. The van der Waals surface area contributed by atoms with Gasteiger partial charge in [0.15, 0.2) is 0 Å². The Labute approximate surface area is 122 Å². The monoisotopic (exact) mass is 285 g/mol. The molecule has 0 aromatic carbocycles. The molecule has 3 fully saturated rings. The second-order valence-corrected chi connectivity index (χ2v) is 7.67. The maximum atomic E-state index is 6.42. The molecule has 2 atom stereocenters. The molecule has 2 saturated heterocycles. The van der Waals surface area contributed by atoms with Gasteiger partial charge >= 0.3 is 0 Å². The van der Waals surface area contributed by atoms with Crippen molar-refractivity contribution in [1.82, 2.24) is 4.90 Å². The van der Waals surface area contributed by atoms with E-state index >= 15 is 0 Å². The third-order valence-electron chi connectivity index (χ3n) is 5.60.